The number of aromatic nitrogens is 5. The third-order valence-electron chi connectivity index (χ3n) is 4.05. The third kappa shape index (κ3) is 2.75. The lowest BCUT2D eigenvalue weighted by molar-refractivity contribution is -0.391. The molecule has 0 saturated carbocycles. The number of benzene rings is 1. The first-order valence-electron chi connectivity index (χ1n) is 7.98. The monoisotopic (exact) mass is 349 g/mol. The lowest BCUT2D eigenvalue weighted by atomic mass is 10.1. The molecule has 0 aliphatic rings. The molecule has 9 nitrogen and oxygen atoms in total. The molecule has 9 heteroatoms. The molecule has 130 valence electrons. The van der Waals surface area contributed by atoms with Crippen LogP contribution in [0.2, 0.25) is 0 Å². The fourth-order valence-electron chi connectivity index (χ4n) is 2.84. The smallest absolute Gasteiger partial charge is 0.360 e. The summed E-state index contributed by atoms with van der Waals surface area (Å²) in [6.07, 6.45) is 4.80. The van der Waals surface area contributed by atoms with Crippen LogP contribution in [0.1, 0.15) is 18.5 Å². The largest absolute Gasteiger partial charge is 0.368 e. The maximum absolute atomic E-state index is 11.1. The summed E-state index contributed by atoms with van der Waals surface area (Å²) < 4.78 is 3.01. The second-order valence-electron chi connectivity index (χ2n) is 5.74. The van der Waals surface area contributed by atoms with Gasteiger partial charge in [-0.25, -0.2) is 9.67 Å². The second kappa shape index (κ2) is 6.28. The van der Waals surface area contributed by atoms with E-state index in [1.54, 1.807) is 23.0 Å². The van der Waals surface area contributed by atoms with Gasteiger partial charge in [0, 0.05) is 18.5 Å². The maximum Gasteiger partial charge on any atom is 0.368 e. The molecular weight excluding hydrogens is 334 g/mol. The molecule has 26 heavy (non-hydrogen) atoms. The zero-order valence-corrected chi connectivity index (χ0v) is 13.9. The highest BCUT2D eigenvalue weighted by molar-refractivity contribution is 5.50. The molecule has 0 radical (unpaired) electrons. The van der Waals surface area contributed by atoms with E-state index in [4.69, 9.17) is 0 Å². The summed E-state index contributed by atoms with van der Waals surface area (Å²) in [4.78, 5) is 14.6. The van der Waals surface area contributed by atoms with Crippen molar-refractivity contribution in [2.75, 3.05) is 5.32 Å². The van der Waals surface area contributed by atoms with Crippen LogP contribution in [0.3, 0.4) is 0 Å². The predicted octanol–water partition coefficient (Wildman–Crippen LogP) is 3.00. The van der Waals surface area contributed by atoms with Crippen molar-refractivity contribution < 1.29 is 4.92 Å². The molecule has 0 amide bonds. The quantitative estimate of drug-likeness (QED) is 0.439. The number of rotatable bonds is 5. The van der Waals surface area contributed by atoms with Crippen LogP contribution in [-0.4, -0.2) is 29.3 Å². The number of hydrogen-bond donors (Lipinski definition) is 1. The summed E-state index contributed by atoms with van der Waals surface area (Å²) in [7, 11) is 0. The Bertz CT molecular complexity index is 1070. The molecule has 4 aromatic rings. The minimum atomic E-state index is -0.507. The van der Waals surface area contributed by atoms with Crippen molar-refractivity contribution in [3.63, 3.8) is 0 Å². The first-order chi connectivity index (χ1) is 12.6. The van der Waals surface area contributed by atoms with Crippen molar-refractivity contribution in [2.24, 2.45) is 0 Å². The zero-order valence-electron chi connectivity index (χ0n) is 13.9. The summed E-state index contributed by atoms with van der Waals surface area (Å²) in [5.74, 6) is 0.342. The van der Waals surface area contributed by atoms with E-state index in [0.29, 0.717) is 11.5 Å². The summed E-state index contributed by atoms with van der Waals surface area (Å²) in [6.45, 7) is 2.00. The van der Waals surface area contributed by atoms with E-state index in [-0.39, 0.29) is 11.9 Å². The summed E-state index contributed by atoms with van der Waals surface area (Å²) in [5, 5.41) is 22.9. The molecule has 4 rings (SSSR count). The number of hydrogen-bond acceptors (Lipinski definition) is 6. The number of imidazole rings is 1. The molecule has 3 heterocycles. The first kappa shape index (κ1) is 15.8. The van der Waals surface area contributed by atoms with Crippen LogP contribution >= 0.6 is 0 Å². The average Bonchev–Trinajstić information content (AvgIpc) is 3.31. The molecule has 0 aliphatic carbocycles. The van der Waals surface area contributed by atoms with Crippen LogP contribution < -0.4 is 5.32 Å². The molecule has 0 spiro atoms. The van der Waals surface area contributed by atoms with E-state index < -0.39 is 4.92 Å². The van der Waals surface area contributed by atoms with Gasteiger partial charge >= 0.3 is 5.82 Å². The van der Waals surface area contributed by atoms with E-state index in [1.807, 2.05) is 43.5 Å². The molecule has 0 saturated heterocycles. The van der Waals surface area contributed by atoms with Gasteiger partial charge in [0.1, 0.15) is 6.20 Å². The van der Waals surface area contributed by atoms with Crippen LogP contribution in [-0.2, 0) is 0 Å². The average molecular weight is 349 g/mol. The first-order valence-corrected chi connectivity index (χ1v) is 7.98. The second-order valence-corrected chi connectivity index (χ2v) is 5.74. The van der Waals surface area contributed by atoms with E-state index in [2.05, 4.69) is 20.5 Å². The van der Waals surface area contributed by atoms with Gasteiger partial charge in [0.25, 0.3) is 0 Å². The Labute approximate surface area is 148 Å². The van der Waals surface area contributed by atoms with Crippen LogP contribution in [0.25, 0.3) is 11.3 Å². The topological polar surface area (TPSA) is 103 Å². The molecule has 0 fully saturated rings. The van der Waals surface area contributed by atoms with Crippen LogP contribution in [0.15, 0.2) is 61.1 Å². The van der Waals surface area contributed by atoms with Gasteiger partial charge in [-0.3, -0.25) is 0 Å². The highest BCUT2D eigenvalue weighted by Gasteiger charge is 2.18. The zero-order chi connectivity index (χ0) is 18.1. The van der Waals surface area contributed by atoms with Crippen LogP contribution in [0.4, 0.5) is 11.6 Å². The Hall–Kier alpha value is -3.75. The van der Waals surface area contributed by atoms with Crippen LogP contribution in [0.5, 0.6) is 0 Å². The van der Waals surface area contributed by atoms with Crippen molar-refractivity contribution in [1.29, 1.82) is 0 Å². The SMILES string of the molecule is CC(Nc1ccc2ncc([N+](=O)[O-])n2n1)c1ccccc1-n1cccn1. The van der Waals surface area contributed by atoms with Crippen molar-refractivity contribution in [1.82, 2.24) is 24.4 Å². The number of para-hydroxylation sites is 1. The Morgan fingerprint density at radius 2 is 2.04 bits per heavy atom. The van der Waals surface area contributed by atoms with Crippen molar-refractivity contribution in [3.05, 3.63) is 76.7 Å². The molecule has 3 aromatic heterocycles. The van der Waals surface area contributed by atoms with Crippen molar-refractivity contribution in [3.8, 4) is 5.69 Å². The van der Waals surface area contributed by atoms with Gasteiger partial charge in [-0.05, 0) is 35.6 Å². The van der Waals surface area contributed by atoms with E-state index in [9.17, 15) is 10.1 Å². The van der Waals surface area contributed by atoms with Crippen LogP contribution in [0, 0.1) is 10.1 Å². The lowest BCUT2D eigenvalue weighted by Crippen LogP contribution is -2.12. The molecule has 0 bridgehead atoms. The Morgan fingerprint density at radius 3 is 2.81 bits per heavy atom. The Morgan fingerprint density at radius 1 is 1.19 bits per heavy atom. The normalized spacial score (nSPS) is 12.2. The van der Waals surface area contributed by atoms with Gasteiger partial charge in [-0.1, -0.05) is 27.8 Å². The Balaban J connectivity index is 1.67. The predicted molar refractivity (Wildman–Crippen MR) is 95.2 cm³/mol. The Kier molecular flexibility index (Phi) is 3.81. The number of anilines is 1. The lowest BCUT2D eigenvalue weighted by Gasteiger charge is -2.18. The van der Waals surface area contributed by atoms with E-state index >= 15 is 0 Å². The molecule has 1 N–H and O–H groups in total. The van der Waals surface area contributed by atoms with Gasteiger partial charge in [-0.2, -0.15) is 5.10 Å². The molecule has 1 unspecified atom stereocenters. The van der Waals surface area contributed by atoms with E-state index in [1.165, 1.54) is 10.7 Å². The number of fused-ring (bicyclic) bond motifs is 1. The summed E-state index contributed by atoms with van der Waals surface area (Å²) >= 11 is 0. The highest BCUT2D eigenvalue weighted by Crippen LogP contribution is 2.24. The molecule has 1 atom stereocenters. The molecule has 1 aromatic carbocycles. The molecule has 0 aliphatic heterocycles. The minimum absolute atomic E-state index is 0.0945. The summed E-state index contributed by atoms with van der Waals surface area (Å²) in [5.41, 5.74) is 2.40. The van der Waals surface area contributed by atoms with Gasteiger partial charge < -0.3 is 15.4 Å². The van der Waals surface area contributed by atoms with Gasteiger partial charge in [0.2, 0.25) is 5.65 Å². The van der Waals surface area contributed by atoms with Crippen molar-refractivity contribution in [2.45, 2.75) is 13.0 Å². The number of nitrogens with zero attached hydrogens (tertiary/aromatic N) is 6. The highest BCUT2D eigenvalue weighted by atomic mass is 16.6. The number of nitro groups is 1. The number of nitrogens with one attached hydrogen (secondary N) is 1. The van der Waals surface area contributed by atoms with Gasteiger partial charge in [-0.15, -0.1) is 0 Å². The van der Waals surface area contributed by atoms with Gasteiger partial charge in [0.15, 0.2) is 5.82 Å². The van der Waals surface area contributed by atoms with E-state index in [0.717, 1.165) is 11.3 Å². The minimum Gasteiger partial charge on any atom is -0.360 e. The standard InChI is InChI=1S/C17H15N7O2/c1-12(13-5-2-3-6-14(13)22-10-4-9-19-22)20-15-7-8-16-18-11-17(24(25)26)23(16)21-15/h2-12H,1H3,(H,20,21). The maximum atomic E-state index is 11.1. The van der Waals surface area contributed by atoms with Gasteiger partial charge in [0.05, 0.1) is 11.7 Å². The summed E-state index contributed by atoms with van der Waals surface area (Å²) in [6, 6.07) is 13.1. The van der Waals surface area contributed by atoms with Crippen molar-refractivity contribution >= 4 is 17.3 Å². The third-order valence-corrected chi connectivity index (χ3v) is 4.05. The fourth-order valence-corrected chi connectivity index (χ4v) is 2.84. The fraction of sp³-hybridized carbons (Fsp3) is 0.118. The molecular formula is C17H15N7O2.